The molecule has 0 saturated carbocycles. The van der Waals surface area contributed by atoms with Crippen LogP contribution in [0.4, 0.5) is 0 Å². The summed E-state index contributed by atoms with van der Waals surface area (Å²) in [5.41, 5.74) is 8.72. The largest absolute Gasteiger partial charge is 0.480 e. The average Bonchev–Trinajstić information content (AvgIpc) is 2.98. The maximum atomic E-state index is 11.5. The lowest BCUT2D eigenvalue weighted by molar-refractivity contribution is -0.161. The standard InChI is InChI=1S/C18H17NO5.C15H15NO2.ClH/c1-12(20)19-18(16(21)22,17(23)24)11-13-7-9-15(10-8-13)14-5-3-2-4-6-14;16-14(15(17)18)10-11-6-8-13(9-7-11)12-4-2-1-3-5-12;/h2-10H,11H2,1H3,(H,19,20)(H,21,22)(H,23,24);1-9,14H,10,16H2,(H,17,18);1H. The van der Waals surface area contributed by atoms with Gasteiger partial charge in [-0.1, -0.05) is 109 Å². The van der Waals surface area contributed by atoms with Gasteiger partial charge in [0.15, 0.2) is 0 Å². The maximum absolute atomic E-state index is 11.5. The summed E-state index contributed by atoms with van der Waals surface area (Å²) in [6.07, 6.45) is -0.00325. The molecule has 0 aliphatic rings. The third-order valence-corrected chi connectivity index (χ3v) is 6.48. The minimum atomic E-state index is -2.39. The van der Waals surface area contributed by atoms with Crippen molar-refractivity contribution >= 4 is 36.2 Å². The van der Waals surface area contributed by atoms with Crippen molar-refractivity contribution in [2.24, 2.45) is 5.73 Å². The molecule has 6 N–H and O–H groups in total. The molecule has 0 bridgehead atoms. The average molecular weight is 605 g/mol. The van der Waals surface area contributed by atoms with E-state index in [9.17, 15) is 29.4 Å². The monoisotopic (exact) mass is 604 g/mol. The van der Waals surface area contributed by atoms with E-state index in [-0.39, 0.29) is 18.8 Å². The summed E-state index contributed by atoms with van der Waals surface area (Å²) in [7, 11) is 0. The molecule has 0 aliphatic heterocycles. The molecule has 0 fully saturated rings. The predicted octanol–water partition coefficient (Wildman–Crippen LogP) is 4.67. The number of hydrogen-bond acceptors (Lipinski definition) is 5. The van der Waals surface area contributed by atoms with Crippen LogP contribution in [0.2, 0.25) is 0 Å². The predicted molar refractivity (Wildman–Crippen MR) is 166 cm³/mol. The van der Waals surface area contributed by atoms with Gasteiger partial charge in [0, 0.05) is 13.3 Å². The lowest BCUT2D eigenvalue weighted by Gasteiger charge is -2.25. The number of carbonyl (C=O) groups excluding carboxylic acids is 1. The number of hydrogen-bond donors (Lipinski definition) is 5. The van der Waals surface area contributed by atoms with Gasteiger partial charge in [-0.05, 0) is 39.8 Å². The maximum Gasteiger partial charge on any atom is 0.341 e. The summed E-state index contributed by atoms with van der Waals surface area (Å²) in [6.45, 7) is 1.08. The Morgan fingerprint density at radius 2 is 1.02 bits per heavy atom. The van der Waals surface area contributed by atoms with Crippen molar-refractivity contribution in [1.82, 2.24) is 5.32 Å². The first-order chi connectivity index (χ1) is 20.0. The Balaban J connectivity index is 0.000000304. The SMILES string of the molecule is CC(=O)NC(Cc1ccc(-c2ccccc2)cc1)(C(=O)O)C(=O)O.Cl.NC(Cc1ccc(-c2ccccc2)cc1)C(=O)O. The van der Waals surface area contributed by atoms with Crippen LogP contribution in [0, 0.1) is 0 Å². The van der Waals surface area contributed by atoms with Crippen molar-refractivity contribution in [1.29, 1.82) is 0 Å². The van der Waals surface area contributed by atoms with E-state index in [1.54, 1.807) is 24.3 Å². The third-order valence-electron chi connectivity index (χ3n) is 6.48. The first kappa shape index (κ1) is 34.2. The Hall–Kier alpha value is -4.99. The van der Waals surface area contributed by atoms with Crippen molar-refractivity contribution in [3.63, 3.8) is 0 Å². The van der Waals surface area contributed by atoms with Gasteiger partial charge in [-0.25, -0.2) is 9.59 Å². The van der Waals surface area contributed by atoms with E-state index >= 15 is 0 Å². The van der Waals surface area contributed by atoms with Crippen molar-refractivity contribution in [3.05, 3.63) is 120 Å². The first-order valence-corrected chi connectivity index (χ1v) is 13.0. The van der Waals surface area contributed by atoms with Crippen LogP contribution < -0.4 is 11.1 Å². The highest BCUT2D eigenvalue weighted by Crippen LogP contribution is 2.22. The smallest absolute Gasteiger partial charge is 0.341 e. The van der Waals surface area contributed by atoms with Gasteiger partial charge in [-0.15, -0.1) is 12.4 Å². The second kappa shape index (κ2) is 15.9. The van der Waals surface area contributed by atoms with Crippen LogP contribution in [0.25, 0.3) is 22.3 Å². The van der Waals surface area contributed by atoms with Gasteiger partial charge in [0.05, 0.1) is 0 Å². The van der Waals surface area contributed by atoms with E-state index in [1.165, 1.54) is 0 Å². The number of aliphatic carboxylic acids is 3. The first-order valence-electron chi connectivity index (χ1n) is 13.0. The number of carboxylic acid groups (broad SMARTS) is 3. The molecular formula is C33H33ClN2O7. The van der Waals surface area contributed by atoms with Crippen molar-refractivity contribution in [3.8, 4) is 22.3 Å². The van der Waals surface area contributed by atoms with Gasteiger partial charge in [0.2, 0.25) is 11.4 Å². The molecule has 4 aromatic carbocycles. The summed E-state index contributed by atoms with van der Waals surface area (Å²) in [5.74, 6) is -4.92. The van der Waals surface area contributed by atoms with Crippen LogP contribution in [-0.2, 0) is 32.0 Å². The second-order valence-electron chi connectivity index (χ2n) is 9.65. The van der Waals surface area contributed by atoms with Crippen LogP contribution in [0.15, 0.2) is 109 Å². The van der Waals surface area contributed by atoms with E-state index in [0.29, 0.717) is 12.0 Å². The van der Waals surface area contributed by atoms with Crippen LogP contribution in [0.1, 0.15) is 18.1 Å². The fourth-order valence-corrected chi connectivity index (χ4v) is 4.25. The van der Waals surface area contributed by atoms with Gasteiger partial charge in [-0.2, -0.15) is 0 Å². The number of carboxylic acids is 3. The Bertz CT molecular complexity index is 1500. The molecular weight excluding hydrogens is 572 g/mol. The Kier molecular flexibility index (Phi) is 12.6. The lowest BCUT2D eigenvalue weighted by atomic mass is 9.90. The molecule has 0 aliphatic carbocycles. The molecule has 1 amide bonds. The minimum Gasteiger partial charge on any atom is -0.480 e. The fraction of sp³-hybridized carbons (Fsp3) is 0.152. The summed E-state index contributed by atoms with van der Waals surface area (Å²) in [6, 6.07) is 33.5. The highest BCUT2D eigenvalue weighted by atomic mass is 35.5. The normalized spacial score (nSPS) is 11.1. The van der Waals surface area contributed by atoms with E-state index in [4.69, 9.17) is 10.8 Å². The molecule has 1 unspecified atom stereocenters. The number of amides is 1. The van der Waals surface area contributed by atoms with E-state index in [0.717, 1.165) is 34.7 Å². The van der Waals surface area contributed by atoms with Gasteiger partial charge in [0.1, 0.15) is 6.04 Å². The van der Waals surface area contributed by atoms with Gasteiger partial charge >= 0.3 is 17.9 Å². The zero-order valence-corrected chi connectivity index (χ0v) is 24.2. The van der Waals surface area contributed by atoms with Crippen LogP contribution in [0.3, 0.4) is 0 Å². The molecule has 0 radical (unpaired) electrons. The molecule has 1 atom stereocenters. The van der Waals surface area contributed by atoms with Gasteiger partial charge in [0.25, 0.3) is 0 Å². The minimum absolute atomic E-state index is 0. The number of nitrogens with one attached hydrogen (secondary N) is 1. The van der Waals surface area contributed by atoms with E-state index in [2.05, 4.69) is 0 Å². The van der Waals surface area contributed by atoms with Crippen LogP contribution in [-0.4, -0.2) is 50.7 Å². The Labute approximate surface area is 255 Å². The topological polar surface area (TPSA) is 167 Å². The molecule has 0 spiro atoms. The zero-order chi connectivity index (χ0) is 30.7. The molecule has 224 valence electrons. The van der Waals surface area contributed by atoms with Crippen LogP contribution in [0.5, 0.6) is 0 Å². The lowest BCUT2D eigenvalue weighted by Crippen LogP contribution is -2.61. The summed E-state index contributed by atoms with van der Waals surface area (Å²) in [5, 5.41) is 29.5. The number of rotatable bonds is 10. The highest BCUT2D eigenvalue weighted by Gasteiger charge is 2.47. The Morgan fingerprint density at radius 1 is 0.651 bits per heavy atom. The van der Waals surface area contributed by atoms with Crippen LogP contribution >= 0.6 is 12.4 Å². The quantitative estimate of drug-likeness (QED) is 0.163. The van der Waals surface area contributed by atoms with Gasteiger partial charge < -0.3 is 26.4 Å². The second-order valence-corrected chi connectivity index (χ2v) is 9.65. The summed E-state index contributed by atoms with van der Waals surface area (Å²) >= 11 is 0. The van der Waals surface area contributed by atoms with Crippen molar-refractivity contribution in [2.75, 3.05) is 0 Å². The highest BCUT2D eigenvalue weighted by molar-refractivity contribution is 6.06. The van der Waals surface area contributed by atoms with Crippen molar-refractivity contribution < 1.29 is 34.5 Å². The number of nitrogens with two attached hydrogens (primary N) is 1. The molecule has 4 aromatic rings. The summed E-state index contributed by atoms with van der Waals surface area (Å²) in [4.78, 5) is 44.9. The number of carbonyl (C=O) groups is 4. The van der Waals surface area contributed by atoms with Crippen molar-refractivity contribution in [2.45, 2.75) is 31.3 Å². The molecule has 9 nitrogen and oxygen atoms in total. The molecule has 0 aromatic heterocycles. The zero-order valence-electron chi connectivity index (χ0n) is 23.3. The fourth-order valence-electron chi connectivity index (χ4n) is 4.25. The third kappa shape index (κ3) is 9.53. The van der Waals surface area contributed by atoms with E-state index in [1.807, 2.05) is 90.2 Å². The summed E-state index contributed by atoms with van der Waals surface area (Å²) < 4.78 is 0. The molecule has 4 rings (SSSR count). The molecule has 10 heteroatoms. The van der Waals surface area contributed by atoms with Gasteiger partial charge in [-0.3, -0.25) is 9.59 Å². The van der Waals surface area contributed by atoms with E-state index < -0.39 is 35.4 Å². The number of benzene rings is 4. The Morgan fingerprint density at radius 3 is 1.37 bits per heavy atom. The molecule has 43 heavy (non-hydrogen) atoms. The molecule has 0 saturated heterocycles. The molecule has 0 heterocycles. The number of halogens is 1.